The third-order valence-electron chi connectivity index (χ3n) is 4.14. The van der Waals surface area contributed by atoms with Gasteiger partial charge in [0, 0.05) is 0 Å². The number of benzene rings is 1. The first-order valence-electron chi connectivity index (χ1n) is 7.52. The minimum Gasteiger partial charge on any atom is -0.466 e. The molecule has 0 spiro atoms. The topological polar surface area (TPSA) is 26.3 Å². The monoisotopic (exact) mass is 260 g/mol. The van der Waals surface area contributed by atoms with Crippen molar-refractivity contribution < 1.29 is 9.53 Å². The van der Waals surface area contributed by atoms with Crippen LogP contribution < -0.4 is 0 Å². The summed E-state index contributed by atoms with van der Waals surface area (Å²) >= 11 is 0. The van der Waals surface area contributed by atoms with E-state index < -0.39 is 0 Å². The Morgan fingerprint density at radius 3 is 2.37 bits per heavy atom. The van der Waals surface area contributed by atoms with Crippen molar-refractivity contribution in [2.75, 3.05) is 6.61 Å². The van der Waals surface area contributed by atoms with Gasteiger partial charge in [-0.15, -0.1) is 0 Å². The molecule has 1 aromatic rings. The number of esters is 1. The molecule has 0 bridgehead atoms. The summed E-state index contributed by atoms with van der Waals surface area (Å²) in [7, 11) is 0. The summed E-state index contributed by atoms with van der Waals surface area (Å²) in [4.78, 5) is 11.9. The lowest BCUT2D eigenvalue weighted by Crippen LogP contribution is -2.15. The van der Waals surface area contributed by atoms with Gasteiger partial charge in [-0.05, 0) is 43.2 Å². The predicted molar refractivity (Wildman–Crippen MR) is 77.3 cm³/mol. The Hall–Kier alpha value is -1.31. The summed E-state index contributed by atoms with van der Waals surface area (Å²) in [6.07, 6.45) is 6.13. The second kappa shape index (κ2) is 6.74. The van der Waals surface area contributed by atoms with Gasteiger partial charge < -0.3 is 4.74 Å². The molecular weight excluding hydrogens is 236 g/mol. The first kappa shape index (κ1) is 14.1. The maximum Gasteiger partial charge on any atom is 0.313 e. The van der Waals surface area contributed by atoms with Crippen molar-refractivity contribution in [3.05, 3.63) is 35.4 Å². The molecule has 0 saturated heterocycles. The van der Waals surface area contributed by atoms with Crippen LogP contribution in [0.1, 0.15) is 68.9 Å². The first-order valence-corrected chi connectivity index (χ1v) is 7.52. The van der Waals surface area contributed by atoms with Gasteiger partial charge in [-0.2, -0.15) is 0 Å². The fraction of sp³-hybridized carbons (Fsp3) is 0.588. The molecular formula is C17H24O2. The zero-order chi connectivity index (χ0) is 13.7. The lowest BCUT2D eigenvalue weighted by molar-refractivity contribution is -0.145. The van der Waals surface area contributed by atoms with E-state index in [1.165, 1.54) is 31.2 Å². The van der Waals surface area contributed by atoms with Crippen molar-refractivity contribution in [1.29, 1.82) is 0 Å². The Bertz CT molecular complexity index is 402. The number of rotatable bonds is 5. The van der Waals surface area contributed by atoms with Crippen LogP contribution in [0.5, 0.6) is 0 Å². The van der Waals surface area contributed by atoms with Crippen LogP contribution in [0.2, 0.25) is 0 Å². The summed E-state index contributed by atoms with van der Waals surface area (Å²) in [6, 6.07) is 8.62. The summed E-state index contributed by atoms with van der Waals surface area (Å²) in [5.74, 6) is 0.521. The summed E-state index contributed by atoms with van der Waals surface area (Å²) < 4.78 is 5.14. The highest BCUT2D eigenvalue weighted by Gasteiger charge is 2.21. The van der Waals surface area contributed by atoms with Gasteiger partial charge in [-0.1, -0.05) is 44.0 Å². The van der Waals surface area contributed by atoms with Crippen LogP contribution in [0, 0.1) is 0 Å². The Labute approximate surface area is 116 Å². The van der Waals surface area contributed by atoms with Crippen molar-refractivity contribution in [3.8, 4) is 0 Å². The van der Waals surface area contributed by atoms with Gasteiger partial charge in [-0.3, -0.25) is 4.79 Å². The second-order valence-electron chi connectivity index (χ2n) is 5.36. The SMILES string of the molecule is CCOC(=O)C(CC)c1ccc(C2CCCC2)cc1. The molecule has 0 radical (unpaired) electrons. The van der Waals surface area contributed by atoms with Crippen LogP contribution in [0.15, 0.2) is 24.3 Å². The molecule has 1 saturated carbocycles. The molecule has 19 heavy (non-hydrogen) atoms. The molecule has 0 amide bonds. The molecule has 1 atom stereocenters. The van der Waals surface area contributed by atoms with Crippen LogP contribution in [-0.2, 0) is 9.53 Å². The Morgan fingerprint density at radius 2 is 1.84 bits per heavy atom. The van der Waals surface area contributed by atoms with Crippen LogP contribution in [0.4, 0.5) is 0 Å². The van der Waals surface area contributed by atoms with Gasteiger partial charge >= 0.3 is 5.97 Å². The fourth-order valence-corrected chi connectivity index (χ4v) is 3.04. The normalized spacial score (nSPS) is 17.4. The molecule has 0 aliphatic heterocycles. The van der Waals surface area contributed by atoms with Crippen LogP contribution in [0.25, 0.3) is 0 Å². The number of carbonyl (C=O) groups excluding carboxylic acids is 1. The standard InChI is InChI=1S/C17H24O2/c1-3-16(17(18)19-4-2)15-11-9-14(10-12-15)13-7-5-6-8-13/h9-13,16H,3-8H2,1-2H3. The van der Waals surface area contributed by atoms with Gasteiger partial charge in [0.05, 0.1) is 12.5 Å². The molecule has 0 N–H and O–H groups in total. The zero-order valence-electron chi connectivity index (χ0n) is 12.0. The number of carbonyl (C=O) groups is 1. The zero-order valence-corrected chi connectivity index (χ0v) is 12.0. The Balaban J connectivity index is 2.09. The van der Waals surface area contributed by atoms with E-state index >= 15 is 0 Å². The van der Waals surface area contributed by atoms with Crippen LogP contribution in [-0.4, -0.2) is 12.6 Å². The molecule has 2 rings (SSSR count). The highest BCUT2D eigenvalue weighted by Crippen LogP contribution is 2.34. The van der Waals surface area contributed by atoms with E-state index in [4.69, 9.17) is 4.74 Å². The number of hydrogen-bond acceptors (Lipinski definition) is 2. The number of hydrogen-bond donors (Lipinski definition) is 0. The minimum absolute atomic E-state index is 0.0985. The van der Waals surface area contributed by atoms with E-state index in [0.29, 0.717) is 6.61 Å². The van der Waals surface area contributed by atoms with Gasteiger partial charge in [0.1, 0.15) is 0 Å². The minimum atomic E-state index is -0.113. The van der Waals surface area contributed by atoms with Gasteiger partial charge in [0.15, 0.2) is 0 Å². The summed E-state index contributed by atoms with van der Waals surface area (Å²) in [5, 5.41) is 0. The largest absolute Gasteiger partial charge is 0.466 e. The molecule has 1 aromatic carbocycles. The third kappa shape index (κ3) is 3.37. The van der Waals surface area contributed by atoms with Gasteiger partial charge in [0.2, 0.25) is 0 Å². The average molecular weight is 260 g/mol. The predicted octanol–water partition coefficient (Wildman–Crippen LogP) is 4.40. The van der Waals surface area contributed by atoms with Crippen molar-refractivity contribution in [1.82, 2.24) is 0 Å². The molecule has 1 fully saturated rings. The molecule has 1 unspecified atom stereocenters. The second-order valence-corrected chi connectivity index (χ2v) is 5.36. The molecule has 104 valence electrons. The molecule has 0 heterocycles. The summed E-state index contributed by atoms with van der Waals surface area (Å²) in [5.41, 5.74) is 2.52. The van der Waals surface area contributed by atoms with Crippen molar-refractivity contribution >= 4 is 5.97 Å². The molecule has 0 aromatic heterocycles. The van der Waals surface area contributed by atoms with Crippen LogP contribution in [0.3, 0.4) is 0 Å². The first-order chi connectivity index (χ1) is 9.26. The smallest absolute Gasteiger partial charge is 0.313 e. The van der Waals surface area contributed by atoms with E-state index in [1.54, 1.807) is 0 Å². The number of ether oxygens (including phenoxy) is 1. The molecule has 2 nitrogen and oxygen atoms in total. The average Bonchev–Trinajstić information content (AvgIpc) is 2.95. The highest BCUT2D eigenvalue weighted by atomic mass is 16.5. The lowest BCUT2D eigenvalue weighted by Gasteiger charge is -2.15. The van der Waals surface area contributed by atoms with E-state index in [2.05, 4.69) is 24.3 Å². The van der Waals surface area contributed by atoms with E-state index in [9.17, 15) is 4.79 Å². The Kier molecular flexibility index (Phi) is 5.00. The quantitative estimate of drug-likeness (QED) is 0.733. The molecule has 1 aliphatic rings. The van der Waals surface area contributed by atoms with E-state index in [-0.39, 0.29) is 11.9 Å². The molecule has 1 aliphatic carbocycles. The Morgan fingerprint density at radius 1 is 1.21 bits per heavy atom. The van der Waals surface area contributed by atoms with Gasteiger partial charge in [0.25, 0.3) is 0 Å². The van der Waals surface area contributed by atoms with E-state index in [1.807, 2.05) is 13.8 Å². The molecule has 2 heteroatoms. The lowest BCUT2D eigenvalue weighted by atomic mass is 9.92. The third-order valence-corrected chi connectivity index (χ3v) is 4.14. The highest BCUT2D eigenvalue weighted by molar-refractivity contribution is 5.78. The maximum atomic E-state index is 11.9. The summed E-state index contributed by atoms with van der Waals surface area (Å²) in [6.45, 7) is 4.34. The maximum absolute atomic E-state index is 11.9. The van der Waals surface area contributed by atoms with E-state index in [0.717, 1.165) is 17.9 Å². The van der Waals surface area contributed by atoms with Crippen molar-refractivity contribution in [3.63, 3.8) is 0 Å². The van der Waals surface area contributed by atoms with Crippen molar-refractivity contribution in [2.24, 2.45) is 0 Å². The van der Waals surface area contributed by atoms with Gasteiger partial charge in [-0.25, -0.2) is 0 Å². The fourth-order valence-electron chi connectivity index (χ4n) is 3.04. The van der Waals surface area contributed by atoms with Crippen LogP contribution >= 0.6 is 0 Å². The van der Waals surface area contributed by atoms with Crippen molar-refractivity contribution in [2.45, 2.75) is 57.8 Å².